The molecule has 0 spiro atoms. The second kappa shape index (κ2) is 5.59. The van der Waals surface area contributed by atoms with Gasteiger partial charge in [-0.1, -0.05) is 6.07 Å². The van der Waals surface area contributed by atoms with Crippen molar-refractivity contribution in [1.29, 1.82) is 0 Å². The number of rotatable bonds is 3. The molecule has 2 N–H and O–H groups in total. The molecule has 0 saturated carbocycles. The molecule has 2 aromatic rings. The molecule has 106 valence electrons. The van der Waals surface area contributed by atoms with Gasteiger partial charge in [0.1, 0.15) is 5.75 Å². The van der Waals surface area contributed by atoms with E-state index in [9.17, 15) is 9.82 Å². The first kappa shape index (κ1) is 13.7. The Morgan fingerprint density at radius 2 is 2.05 bits per heavy atom. The molecule has 0 atom stereocenters. The van der Waals surface area contributed by atoms with Crippen LogP contribution in [0.4, 0.5) is 5.69 Å². The summed E-state index contributed by atoms with van der Waals surface area (Å²) in [6.07, 6.45) is 0. The van der Waals surface area contributed by atoms with Gasteiger partial charge in [-0.2, -0.15) is 0 Å². The average molecular weight is 283 g/mol. The van der Waals surface area contributed by atoms with E-state index in [1.165, 1.54) is 0 Å². The second-order valence-electron chi connectivity index (χ2n) is 4.76. The van der Waals surface area contributed by atoms with Crippen molar-refractivity contribution in [1.82, 2.24) is 0 Å². The number of nitrogens with one attached hydrogen (secondary N) is 1. The SMILES string of the molecule is COc1ccc(C(=O)Nc2ccc3c(c2)B(O)OC3)cc1. The van der Waals surface area contributed by atoms with E-state index in [2.05, 4.69) is 5.32 Å². The Kier molecular flexibility index (Phi) is 3.64. The van der Waals surface area contributed by atoms with Gasteiger partial charge in [0.05, 0.1) is 13.7 Å². The highest BCUT2D eigenvalue weighted by Crippen LogP contribution is 2.16. The van der Waals surface area contributed by atoms with Crippen LogP contribution in [0, 0.1) is 0 Å². The van der Waals surface area contributed by atoms with Crippen molar-refractivity contribution in [2.24, 2.45) is 0 Å². The summed E-state index contributed by atoms with van der Waals surface area (Å²) in [5.74, 6) is 0.482. The number of ether oxygens (including phenoxy) is 1. The molecule has 1 aliphatic rings. The van der Waals surface area contributed by atoms with Crippen LogP contribution in [0.2, 0.25) is 0 Å². The Bertz CT molecular complexity index is 672. The predicted octanol–water partition coefficient (Wildman–Crippen LogP) is 1.17. The molecule has 1 heterocycles. The van der Waals surface area contributed by atoms with Crippen molar-refractivity contribution < 1.29 is 19.2 Å². The Labute approximate surface area is 122 Å². The van der Waals surface area contributed by atoms with Gasteiger partial charge >= 0.3 is 7.12 Å². The van der Waals surface area contributed by atoms with Gasteiger partial charge in [0.2, 0.25) is 0 Å². The molecule has 1 aliphatic heterocycles. The summed E-state index contributed by atoms with van der Waals surface area (Å²) in [6, 6.07) is 12.2. The van der Waals surface area contributed by atoms with Crippen LogP contribution in [-0.4, -0.2) is 25.2 Å². The number of hydrogen-bond donors (Lipinski definition) is 2. The van der Waals surface area contributed by atoms with E-state index >= 15 is 0 Å². The van der Waals surface area contributed by atoms with Gasteiger partial charge in [0.15, 0.2) is 0 Å². The summed E-state index contributed by atoms with van der Waals surface area (Å²) in [4.78, 5) is 12.1. The number of hydrogen-bond acceptors (Lipinski definition) is 4. The van der Waals surface area contributed by atoms with Gasteiger partial charge in [-0.05, 0) is 47.4 Å². The predicted molar refractivity (Wildman–Crippen MR) is 79.8 cm³/mol. The fourth-order valence-electron chi connectivity index (χ4n) is 2.24. The molecule has 0 radical (unpaired) electrons. The van der Waals surface area contributed by atoms with Crippen molar-refractivity contribution in [3.63, 3.8) is 0 Å². The van der Waals surface area contributed by atoms with E-state index in [-0.39, 0.29) is 5.91 Å². The van der Waals surface area contributed by atoms with Crippen molar-refractivity contribution in [2.75, 3.05) is 12.4 Å². The van der Waals surface area contributed by atoms with Crippen LogP contribution in [0.1, 0.15) is 15.9 Å². The normalized spacial score (nSPS) is 13.0. The zero-order valence-electron chi connectivity index (χ0n) is 11.5. The van der Waals surface area contributed by atoms with Gasteiger partial charge < -0.3 is 19.7 Å². The van der Waals surface area contributed by atoms with Crippen LogP contribution in [0.5, 0.6) is 5.75 Å². The zero-order chi connectivity index (χ0) is 14.8. The highest BCUT2D eigenvalue weighted by atomic mass is 16.5. The van der Waals surface area contributed by atoms with E-state index in [1.54, 1.807) is 43.5 Å². The van der Waals surface area contributed by atoms with Gasteiger partial charge in [0.25, 0.3) is 5.91 Å². The van der Waals surface area contributed by atoms with E-state index < -0.39 is 7.12 Å². The first-order valence-corrected chi connectivity index (χ1v) is 6.55. The van der Waals surface area contributed by atoms with Crippen LogP contribution in [0.15, 0.2) is 42.5 Å². The number of carbonyl (C=O) groups excluding carboxylic acids is 1. The third-order valence-electron chi connectivity index (χ3n) is 3.42. The Hall–Kier alpha value is -2.31. The van der Waals surface area contributed by atoms with E-state index in [0.717, 1.165) is 5.56 Å². The Morgan fingerprint density at radius 3 is 2.76 bits per heavy atom. The van der Waals surface area contributed by atoms with E-state index in [1.807, 2.05) is 6.07 Å². The highest BCUT2D eigenvalue weighted by Gasteiger charge is 2.27. The molecule has 21 heavy (non-hydrogen) atoms. The molecule has 0 aliphatic carbocycles. The van der Waals surface area contributed by atoms with Crippen molar-refractivity contribution in [3.05, 3.63) is 53.6 Å². The number of anilines is 1. The maximum absolute atomic E-state index is 12.1. The largest absolute Gasteiger partial charge is 0.497 e. The summed E-state index contributed by atoms with van der Waals surface area (Å²) < 4.78 is 10.2. The van der Waals surface area contributed by atoms with Crippen LogP contribution in [0.3, 0.4) is 0 Å². The molecule has 5 nitrogen and oxygen atoms in total. The lowest BCUT2D eigenvalue weighted by atomic mass is 9.79. The number of amides is 1. The fourth-order valence-corrected chi connectivity index (χ4v) is 2.24. The standard InChI is InChI=1S/C15H14BNO4/c1-20-13-6-3-10(4-7-13)15(18)17-12-5-2-11-9-21-16(19)14(11)8-12/h2-8,19H,9H2,1H3,(H,17,18). The molecular weight excluding hydrogens is 269 g/mol. The molecular formula is C15H14BNO4. The number of benzene rings is 2. The highest BCUT2D eigenvalue weighted by molar-refractivity contribution is 6.61. The first-order chi connectivity index (χ1) is 10.2. The molecule has 2 aromatic carbocycles. The molecule has 6 heteroatoms. The fraction of sp³-hybridized carbons (Fsp3) is 0.133. The monoisotopic (exact) mass is 283 g/mol. The Balaban J connectivity index is 1.76. The lowest BCUT2D eigenvalue weighted by Gasteiger charge is -2.08. The summed E-state index contributed by atoms with van der Waals surface area (Å²) in [6.45, 7) is 0.392. The Morgan fingerprint density at radius 1 is 1.29 bits per heavy atom. The van der Waals surface area contributed by atoms with E-state index in [0.29, 0.717) is 29.1 Å². The van der Waals surface area contributed by atoms with Crippen LogP contribution < -0.4 is 15.5 Å². The minimum Gasteiger partial charge on any atom is -0.497 e. The van der Waals surface area contributed by atoms with E-state index in [4.69, 9.17) is 9.39 Å². The van der Waals surface area contributed by atoms with Crippen molar-refractivity contribution in [2.45, 2.75) is 6.61 Å². The van der Waals surface area contributed by atoms with Gasteiger partial charge in [-0.3, -0.25) is 4.79 Å². The van der Waals surface area contributed by atoms with Crippen molar-refractivity contribution >= 4 is 24.2 Å². The average Bonchev–Trinajstić information content (AvgIpc) is 2.88. The summed E-state index contributed by atoms with van der Waals surface area (Å²) >= 11 is 0. The summed E-state index contributed by atoms with van der Waals surface area (Å²) in [5, 5.41) is 12.5. The lowest BCUT2D eigenvalue weighted by Crippen LogP contribution is -2.28. The number of methoxy groups -OCH3 is 1. The van der Waals surface area contributed by atoms with Gasteiger partial charge in [-0.15, -0.1) is 0 Å². The number of carbonyl (C=O) groups is 1. The third kappa shape index (κ3) is 2.77. The maximum atomic E-state index is 12.1. The molecule has 0 fully saturated rings. The number of fused-ring (bicyclic) bond motifs is 1. The second-order valence-corrected chi connectivity index (χ2v) is 4.76. The molecule has 1 amide bonds. The first-order valence-electron chi connectivity index (χ1n) is 6.55. The van der Waals surface area contributed by atoms with Crippen LogP contribution >= 0.6 is 0 Å². The third-order valence-corrected chi connectivity index (χ3v) is 3.42. The molecule has 0 aromatic heterocycles. The molecule has 0 saturated heterocycles. The minimum absolute atomic E-state index is 0.217. The van der Waals surface area contributed by atoms with Crippen LogP contribution in [0.25, 0.3) is 0 Å². The molecule has 3 rings (SSSR count). The smallest absolute Gasteiger partial charge is 0.491 e. The van der Waals surface area contributed by atoms with Crippen LogP contribution in [-0.2, 0) is 11.3 Å². The van der Waals surface area contributed by atoms with Gasteiger partial charge in [0, 0.05) is 11.3 Å². The zero-order valence-corrected chi connectivity index (χ0v) is 11.5. The molecule has 0 bridgehead atoms. The minimum atomic E-state index is -0.919. The van der Waals surface area contributed by atoms with Gasteiger partial charge in [-0.25, -0.2) is 0 Å². The summed E-state index contributed by atoms with van der Waals surface area (Å²) in [5.41, 5.74) is 2.79. The summed E-state index contributed by atoms with van der Waals surface area (Å²) in [7, 11) is 0.658. The quantitative estimate of drug-likeness (QED) is 0.830. The lowest BCUT2D eigenvalue weighted by molar-refractivity contribution is 0.102. The van der Waals surface area contributed by atoms with Crippen molar-refractivity contribution in [3.8, 4) is 5.75 Å². The maximum Gasteiger partial charge on any atom is 0.491 e. The molecule has 0 unspecified atom stereocenters. The topological polar surface area (TPSA) is 67.8 Å².